The highest BCUT2D eigenvalue weighted by molar-refractivity contribution is 5.79. The lowest BCUT2D eigenvalue weighted by Crippen LogP contribution is -2.43. The number of nitrogens with zero attached hydrogens (tertiary/aromatic N) is 1. The van der Waals surface area contributed by atoms with Gasteiger partial charge in [-0.3, -0.25) is 14.5 Å². The lowest BCUT2D eigenvalue weighted by Gasteiger charge is -2.22. The van der Waals surface area contributed by atoms with Crippen molar-refractivity contribution in [1.82, 2.24) is 4.90 Å². The van der Waals surface area contributed by atoms with E-state index in [9.17, 15) is 9.59 Å². The summed E-state index contributed by atoms with van der Waals surface area (Å²) < 4.78 is 0. The summed E-state index contributed by atoms with van der Waals surface area (Å²) in [5.74, 6) is -0.584. The first-order valence-corrected chi connectivity index (χ1v) is 5.34. The molecule has 84 valence electrons. The van der Waals surface area contributed by atoms with Gasteiger partial charge in [0.25, 0.3) is 0 Å². The number of likely N-dealkylation sites (tertiary alicyclic amines) is 1. The van der Waals surface area contributed by atoms with Gasteiger partial charge in [-0.15, -0.1) is 0 Å². The summed E-state index contributed by atoms with van der Waals surface area (Å²) in [5, 5.41) is 9.15. The Morgan fingerprint density at radius 3 is 2.73 bits per heavy atom. The van der Waals surface area contributed by atoms with E-state index in [2.05, 4.69) is 0 Å². The Hall–Kier alpha value is -1.10. The Balaban J connectivity index is 2.11. The molecule has 2 fully saturated rings. The average Bonchev–Trinajstić information content (AvgIpc) is 2.60. The zero-order valence-corrected chi connectivity index (χ0v) is 8.56. The lowest BCUT2D eigenvalue weighted by molar-refractivity contribution is -0.143. The maximum absolute atomic E-state index is 11.1. The first-order chi connectivity index (χ1) is 7.09. The number of amides is 1. The molecule has 1 saturated heterocycles. The summed E-state index contributed by atoms with van der Waals surface area (Å²) in [4.78, 5) is 23.7. The van der Waals surface area contributed by atoms with Crippen LogP contribution in [0.2, 0.25) is 0 Å². The average molecular weight is 212 g/mol. The van der Waals surface area contributed by atoms with E-state index in [0.717, 1.165) is 19.3 Å². The van der Waals surface area contributed by atoms with E-state index in [1.165, 1.54) is 0 Å². The zero-order chi connectivity index (χ0) is 11.0. The maximum Gasteiger partial charge on any atom is 0.321 e. The number of primary amides is 1. The summed E-state index contributed by atoms with van der Waals surface area (Å²) in [6, 6.07) is -0.495. The molecule has 1 aliphatic carbocycles. The Morgan fingerprint density at radius 2 is 2.13 bits per heavy atom. The number of carbonyl (C=O) groups excluding carboxylic acids is 1. The number of hydrogen-bond acceptors (Lipinski definition) is 3. The molecule has 0 radical (unpaired) electrons. The molecular weight excluding hydrogens is 196 g/mol. The fraction of sp³-hybridized carbons (Fsp3) is 0.800. The monoisotopic (exact) mass is 212 g/mol. The predicted octanol–water partition coefficient (Wildman–Crippen LogP) is -0.343. The topological polar surface area (TPSA) is 83.6 Å². The highest BCUT2D eigenvalue weighted by Gasteiger charge is 2.47. The van der Waals surface area contributed by atoms with E-state index in [-0.39, 0.29) is 12.5 Å². The fourth-order valence-corrected chi connectivity index (χ4v) is 3.10. The van der Waals surface area contributed by atoms with Gasteiger partial charge >= 0.3 is 5.97 Å². The van der Waals surface area contributed by atoms with Gasteiger partial charge in [-0.25, -0.2) is 0 Å². The Bertz CT molecular complexity index is 292. The normalized spacial score (nSPS) is 35.3. The molecule has 3 N–H and O–H groups in total. The van der Waals surface area contributed by atoms with Gasteiger partial charge in [-0.05, 0) is 24.7 Å². The number of carboxylic acids is 1. The van der Waals surface area contributed by atoms with Crippen molar-refractivity contribution in [1.29, 1.82) is 0 Å². The second kappa shape index (κ2) is 3.81. The Labute approximate surface area is 88.2 Å². The van der Waals surface area contributed by atoms with Crippen molar-refractivity contribution in [3.8, 4) is 0 Å². The van der Waals surface area contributed by atoms with Crippen LogP contribution in [0.25, 0.3) is 0 Å². The third kappa shape index (κ3) is 1.84. The third-order valence-corrected chi connectivity index (χ3v) is 3.60. The number of rotatable bonds is 3. The van der Waals surface area contributed by atoms with Crippen LogP contribution in [-0.4, -0.2) is 41.0 Å². The second-order valence-corrected chi connectivity index (χ2v) is 4.53. The molecule has 0 aromatic rings. The van der Waals surface area contributed by atoms with Crippen LogP contribution in [-0.2, 0) is 9.59 Å². The van der Waals surface area contributed by atoms with Crippen molar-refractivity contribution in [3.05, 3.63) is 0 Å². The summed E-state index contributed by atoms with van der Waals surface area (Å²) >= 11 is 0. The quantitative estimate of drug-likeness (QED) is 0.670. The van der Waals surface area contributed by atoms with E-state index < -0.39 is 17.9 Å². The predicted molar refractivity (Wildman–Crippen MR) is 53.0 cm³/mol. The molecule has 1 amide bonds. The zero-order valence-electron chi connectivity index (χ0n) is 8.56. The van der Waals surface area contributed by atoms with E-state index >= 15 is 0 Å². The van der Waals surface area contributed by atoms with Gasteiger partial charge in [0.2, 0.25) is 5.91 Å². The van der Waals surface area contributed by atoms with Crippen molar-refractivity contribution in [2.24, 2.45) is 17.6 Å². The van der Waals surface area contributed by atoms with Gasteiger partial charge in [-0.2, -0.15) is 0 Å². The van der Waals surface area contributed by atoms with Gasteiger partial charge in [0, 0.05) is 6.54 Å². The van der Waals surface area contributed by atoms with Crippen LogP contribution in [0, 0.1) is 11.8 Å². The maximum atomic E-state index is 11.1. The molecular formula is C10H16N2O3. The van der Waals surface area contributed by atoms with Crippen molar-refractivity contribution < 1.29 is 14.7 Å². The van der Waals surface area contributed by atoms with Crippen LogP contribution >= 0.6 is 0 Å². The molecule has 0 bridgehead atoms. The number of fused-ring (bicyclic) bond motifs is 1. The van der Waals surface area contributed by atoms with Crippen molar-refractivity contribution in [2.45, 2.75) is 25.3 Å². The van der Waals surface area contributed by atoms with Gasteiger partial charge in [-0.1, -0.05) is 6.42 Å². The summed E-state index contributed by atoms with van der Waals surface area (Å²) in [6.45, 7) is 0.786. The summed E-state index contributed by atoms with van der Waals surface area (Å²) in [5.41, 5.74) is 5.11. The van der Waals surface area contributed by atoms with E-state index in [0.29, 0.717) is 12.5 Å². The number of nitrogens with two attached hydrogens (primary N) is 1. The van der Waals surface area contributed by atoms with Crippen LogP contribution in [0.15, 0.2) is 0 Å². The van der Waals surface area contributed by atoms with Crippen molar-refractivity contribution in [2.75, 3.05) is 13.1 Å². The molecule has 0 aromatic carbocycles. The van der Waals surface area contributed by atoms with Crippen LogP contribution in [0.5, 0.6) is 0 Å². The van der Waals surface area contributed by atoms with Gasteiger partial charge in [0.1, 0.15) is 6.04 Å². The molecule has 1 saturated carbocycles. The van der Waals surface area contributed by atoms with Crippen LogP contribution in [0.1, 0.15) is 19.3 Å². The largest absolute Gasteiger partial charge is 0.480 e. The minimum atomic E-state index is -0.814. The first kappa shape index (κ1) is 10.4. The van der Waals surface area contributed by atoms with Crippen LogP contribution < -0.4 is 5.73 Å². The summed E-state index contributed by atoms with van der Waals surface area (Å²) in [7, 11) is 0. The van der Waals surface area contributed by atoms with Crippen molar-refractivity contribution >= 4 is 11.9 Å². The van der Waals surface area contributed by atoms with E-state index in [1.54, 1.807) is 4.90 Å². The number of hydrogen-bond donors (Lipinski definition) is 2. The molecule has 2 aliphatic rings. The highest BCUT2D eigenvalue weighted by Crippen LogP contribution is 2.41. The fourth-order valence-electron chi connectivity index (χ4n) is 3.10. The van der Waals surface area contributed by atoms with Gasteiger partial charge in [0.05, 0.1) is 6.54 Å². The third-order valence-electron chi connectivity index (χ3n) is 3.60. The molecule has 2 rings (SSSR count). The molecule has 1 heterocycles. The molecule has 3 unspecified atom stereocenters. The van der Waals surface area contributed by atoms with Gasteiger partial charge < -0.3 is 10.8 Å². The van der Waals surface area contributed by atoms with Crippen LogP contribution in [0.4, 0.5) is 0 Å². The van der Waals surface area contributed by atoms with Crippen molar-refractivity contribution in [3.63, 3.8) is 0 Å². The molecule has 5 heteroatoms. The molecule has 1 aliphatic heterocycles. The smallest absolute Gasteiger partial charge is 0.321 e. The highest BCUT2D eigenvalue weighted by atomic mass is 16.4. The number of carbonyl (C=O) groups is 2. The summed E-state index contributed by atoms with van der Waals surface area (Å²) in [6.07, 6.45) is 3.17. The number of carboxylic acid groups (broad SMARTS) is 1. The molecule has 15 heavy (non-hydrogen) atoms. The van der Waals surface area contributed by atoms with E-state index in [4.69, 9.17) is 10.8 Å². The number of aliphatic carboxylic acids is 1. The SMILES string of the molecule is NC(=O)CN1CC2CCCC2C1C(=O)O. The Morgan fingerprint density at radius 1 is 1.40 bits per heavy atom. The first-order valence-electron chi connectivity index (χ1n) is 5.34. The minimum Gasteiger partial charge on any atom is -0.480 e. The lowest BCUT2D eigenvalue weighted by atomic mass is 9.94. The molecule has 0 spiro atoms. The molecule has 0 aromatic heterocycles. The molecule has 5 nitrogen and oxygen atoms in total. The minimum absolute atomic E-state index is 0.0734. The van der Waals surface area contributed by atoms with Crippen LogP contribution in [0.3, 0.4) is 0 Å². The standard InChI is InChI=1S/C10H16N2O3/c11-8(13)5-12-4-6-2-1-3-7(6)9(12)10(14)15/h6-7,9H,1-5H2,(H2,11,13)(H,14,15). The van der Waals surface area contributed by atoms with E-state index in [1.807, 2.05) is 0 Å². The molecule has 3 atom stereocenters. The Kier molecular flexibility index (Phi) is 2.65. The van der Waals surface area contributed by atoms with Gasteiger partial charge in [0.15, 0.2) is 0 Å². The second-order valence-electron chi connectivity index (χ2n) is 4.53.